The average Bonchev–Trinajstić information content (AvgIpc) is 2.98. The molecule has 7 heteroatoms. The highest BCUT2D eigenvalue weighted by atomic mass is 32.1. The molecule has 0 spiro atoms. The fraction of sp³-hybridized carbons (Fsp3) is 0.300. The van der Waals surface area contributed by atoms with Crippen molar-refractivity contribution in [3.63, 3.8) is 0 Å². The molecule has 0 aliphatic heterocycles. The van der Waals surface area contributed by atoms with E-state index in [-0.39, 0.29) is 0 Å². The van der Waals surface area contributed by atoms with Gasteiger partial charge in [-0.15, -0.1) is 11.3 Å². The average molecular weight is 253 g/mol. The van der Waals surface area contributed by atoms with Crippen LogP contribution in [0, 0.1) is 0 Å². The molecule has 2 rings (SSSR count). The van der Waals surface area contributed by atoms with Gasteiger partial charge in [0.15, 0.2) is 0 Å². The van der Waals surface area contributed by atoms with Crippen molar-refractivity contribution >= 4 is 17.4 Å². The van der Waals surface area contributed by atoms with E-state index in [9.17, 15) is 4.79 Å². The van der Waals surface area contributed by atoms with Gasteiger partial charge < -0.3 is 14.6 Å². The Kier molecular flexibility index (Phi) is 3.71. The summed E-state index contributed by atoms with van der Waals surface area (Å²) in [5, 5.41) is 8.34. The normalized spacial score (nSPS) is 10.2. The smallest absolute Gasteiger partial charge is 0.406 e. The number of amides is 1. The zero-order valence-electron chi connectivity index (χ0n) is 9.17. The van der Waals surface area contributed by atoms with Crippen molar-refractivity contribution in [1.29, 1.82) is 0 Å². The van der Waals surface area contributed by atoms with Gasteiger partial charge in [0.1, 0.15) is 0 Å². The lowest BCUT2D eigenvalue weighted by Gasteiger charge is -1.99. The Bertz CT molecular complexity index is 481. The molecule has 1 N–H and O–H groups in total. The highest BCUT2D eigenvalue weighted by Crippen LogP contribution is 2.21. The van der Waals surface area contributed by atoms with Gasteiger partial charge in [-0.1, -0.05) is 11.2 Å². The van der Waals surface area contributed by atoms with Gasteiger partial charge in [0, 0.05) is 13.0 Å². The Morgan fingerprint density at radius 1 is 1.65 bits per heavy atom. The first-order chi connectivity index (χ1) is 8.29. The Morgan fingerprint density at radius 2 is 2.53 bits per heavy atom. The second-order valence-electron chi connectivity index (χ2n) is 3.16. The lowest BCUT2D eigenvalue weighted by atomic mass is 10.4. The van der Waals surface area contributed by atoms with Crippen LogP contribution in [-0.4, -0.2) is 29.9 Å². The number of nitrogens with one attached hydrogen (secondary N) is 1. The summed E-state index contributed by atoms with van der Waals surface area (Å²) in [7, 11) is 1.32. The van der Waals surface area contributed by atoms with Crippen LogP contribution in [-0.2, 0) is 11.2 Å². The number of aromatic nitrogens is 2. The van der Waals surface area contributed by atoms with Gasteiger partial charge >= 0.3 is 6.09 Å². The van der Waals surface area contributed by atoms with Crippen molar-refractivity contribution in [3.05, 3.63) is 23.4 Å². The molecule has 2 aromatic heterocycles. The molecule has 0 radical (unpaired) electrons. The quantitative estimate of drug-likeness (QED) is 0.897. The topological polar surface area (TPSA) is 77.2 Å². The van der Waals surface area contributed by atoms with Crippen LogP contribution in [0.1, 0.15) is 5.89 Å². The minimum absolute atomic E-state index is 0.402. The Morgan fingerprint density at radius 3 is 3.24 bits per heavy atom. The maximum absolute atomic E-state index is 10.8. The molecule has 0 atom stereocenters. The van der Waals surface area contributed by atoms with Crippen LogP contribution in [0.2, 0.25) is 0 Å². The molecule has 0 fully saturated rings. The van der Waals surface area contributed by atoms with Gasteiger partial charge in [-0.05, 0) is 11.4 Å². The second kappa shape index (κ2) is 5.44. The predicted octanol–water partition coefficient (Wildman–Crippen LogP) is 1.70. The summed E-state index contributed by atoms with van der Waals surface area (Å²) in [5.41, 5.74) is 0. The summed E-state index contributed by atoms with van der Waals surface area (Å²) in [4.78, 5) is 16.0. The Labute approximate surface area is 102 Å². The number of alkyl carbamates (subject to hydrolysis) is 1. The molecule has 2 heterocycles. The van der Waals surface area contributed by atoms with Crippen molar-refractivity contribution in [2.75, 3.05) is 13.7 Å². The summed E-state index contributed by atoms with van der Waals surface area (Å²) in [5.74, 6) is 1.07. The van der Waals surface area contributed by atoms with Crippen LogP contribution in [0.4, 0.5) is 4.79 Å². The molecule has 0 aromatic carbocycles. The molecule has 17 heavy (non-hydrogen) atoms. The van der Waals surface area contributed by atoms with Gasteiger partial charge in [0.2, 0.25) is 11.7 Å². The van der Waals surface area contributed by atoms with E-state index in [0.29, 0.717) is 24.7 Å². The third kappa shape index (κ3) is 3.04. The first-order valence-corrected chi connectivity index (χ1v) is 5.86. The first kappa shape index (κ1) is 11.6. The van der Waals surface area contributed by atoms with Crippen molar-refractivity contribution in [1.82, 2.24) is 15.5 Å². The summed E-state index contributed by atoms with van der Waals surface area (Å²) in [6.07, 6.45) is 0.0102. The van der Waals surface area contributed by atoms with Crippen molar-refractivity contribution in [3.8, 4) is 10.7 Å². The predicted molar refractivity (Wildman–Crippen MR) is 61.7 cm³/mol. The molecule has 0 aliphatic carbocycles. The standard InChI is InChI=1S/C10H11N3O3S/c1-15-10(14)11-5-4-8-12-9(13-16-8)7-3-2-6-17-7/h2-3,6H,4-5H2,1H3,(H,11,14). The third-order valence-corrected chi connectivity index (χ3v) is 2.87. The second-order valence-corrected chi connectivity index (χ2v) is 4.11. The van der Waals surface area contributed by atoms with E-state index < -0.39 is 6.09 Å². The number of hydrogen-bond acceptors (Lipinski definition) is 6. The van der Waals surface area contributed by atoms with Crippen LogP contribution >= 0.6 is 11.3 Å². The molecule has 2 aromatic rings. The van der Waals surface area contributed by atoms with E-state index in [1.165, 1.54) is 7.11 Å². The summed E-state index contributed by atoms with van der Waals surface area (Å²) >= 11 is 1.55. The molecule has 0 aliphatic rings. The van der Waals surface area contributed by atoms with Gasteiger partial charge in [-0.2, -0.15) is 4.98 Å². The maximum atomic E-state index is 10.8. The van der Waals surface area contributed by atoms with Gasteiger partial charge in [0.25, 0.3) is 0 Å². The SMILES string of the molecule is COC(=O)NCCc1nc(-c2cccs2)no1. The number of methoxy groups -OCH3 is 1. The van der Waals surface area contributed by atoms with Crippen LogP contribution in [0.15, 0.2) is 22.0 Å². The number of carbonyl (C=O) groups excluding carboxylic acids is 1. The van der Waals surface area contributed by atoms with E-state index in [2.05, 4.69) is 20.2 Å². The van der Waals surface area contributed by atoms with Crippen LogP contribution in [0.25, 0.3) is 10.7 Å². The molecule has 0 saturated heterocycles. The number of ether oxygens (including phenoxy) is 1. The number of thiophene rings is 1. The molecular formula is C10H11N3O3S. The van der Waals surface area contributed by atoms with E-state index >= 15 is 0 Å². The maximum Gasteiger partial charge on any atom is 0.406 e. The number of nitrogens with zero attached hydrogens (tertiary/aromatic N) is 2. The molecule has 1 amide bonds. The number of carbonyl (C=O) groups is 1. The van der Waals surface area contributed by atoms with E-state index in [1.807, 2.05) is 17.5 Å². The van der Waals surface area contributed by atoms with E-state index in [0.717, 1.165) is 4.88 Å². The Hall–Kier alpha value is -1.89. The highest BCUT2D eigenvalue weighted by molar-refractivity contribution is 7.13. The summed E-state index contributed by atoms with van der Waals surface area (Å²) in [6.45, 7) is 0.402. The van der Waals surface area contributed by atoms with E-state index in [4.69, 9.17) is 4.52 Å². The summed E-state index contributed by atoms with van der Waals surface area (Å²) in [6, 6.07) is 3.85. The lowest BCUT2D eigenvalue weighted by Crippen LogP contribution is -2.25. The Balaban J connectivity index is 1.89. The van der Waals surface area contributed by atoms with Crippen LogP contribution in [0.5, 0.6) is 0 Å². The van der Waals surface area contributed by atoms with Crippen molar-refractivity contribution < 1.29 is 14.1 Å². The lowest BCUT2D eigenvalue weighted by molar-refractivity contribution is 0.171. The minimum Gasteiger partial charge on any atom is -0.453 e. The highest BCUT2D eigenvalue weighted by Gasteiger charge is 2.09. The molecule has 6 nitrogen and oxygen atoms in total. The fourth-order valence-electron chi connectivity index (χ4n) is 1.21. The number of hydrogen-bond donors (Lipinski definition) is 1. The van der Waals surface area contributed by atoms with Gasteiger partial charge in [-0.25, -0.2) is 4.79 Å². The van der Waals surface area contributed by atoms with Crippen molar-refractivity contribution in [2.24, 2.45) is 0 Å². The zero-order valence-corrected chi connectivity index (χ0v) is 9.99. The molecular weight excluding hydrogens is 242 g/mol. The first-order valence-electron chi connectivity index (χ1n) is 4.98. The zero-order chi connectivity index (χ0) is 12.1. The number of rotatable bonds is 4. The largest absolute Gasteiger partial charge is 0.453 e. The van der Waals surface area contributed by atoms with Gasteiger partial charge in [-0.3, -0.25) is 0 Å². The van der Waals surface area contributed by atoms with Crippen LogP contribution in [0.3, 0.4) is 0 Å². The fourth-order valence-corrected chi connectivity index (χ4v) is 1.86. The van der Waals surface area contributed by atoms with Crippen LogP contribution < -0.4 is 5.32 Å². The minimum atomic E-state index is -0.469. The molecule has 0 saturated carbocycles. The monoisotopic (exact) mass is 253 g/mol. The molecule has 0 bridgehead atoms. The molecule has 0 unspecified atom stereocenters. The molecule has 90 valence electrons. The van der Waals surface area contributed by atoms with E-state index in [1.54, 1.807) is 11.3 Å². The van der Waals surface area contributed by atoms with Gasteiger partial charge in [0.05, 0.1) is 12.0 Å². The summed E-state index contributed by atoms with van der Waals surface area (Å²) < 4.78 is 9.49. The van der Waals surface area contributed by atoms with Crippen molar-refractivity contribution in [2.45, 2.75) is 6.42 Å². The third-order valence-electron chi connectivity index (χ3n) is 2.00.